The zero-order chi connectivity index (χ0) is 11.1. The van der Waals surface area contributed by atoms with Gasteiger partial charge in [-0.25, -0.2) is 0 Å². The third-order valence-electron chi connectivity index (χ3n) is 1.52. The molecule has 0 aliphatic heterocycles. The zero-order valence-electron chi connectivity index (χ0n) is 7.83. The summed E-state index contributed by atoms with van der Waals surface area (Å²) in [4.78, 5) is 0. The molecule has 0 saturated carbocycles. The molecular weight excluding hydrogens is 342 g/mol. The molecule has 0 N–H and O–H groups in total. The summed E-state index contributed by atoms with van der Waals surface area (Å²) in [6, 6.07) is 17.3. The first kappa shape index (κ1) is 12.8. The maximum Gasteiger partial charge on any atom is 0.0420 e. The fourth-order valence-electron chi connectivity index (χ4n) is 0.875. The van der Waals surface area contributed by atoms with Gasteiger partial charge in [-0.15, -0.1) is 0 Å². The maximum atomic E-state index is 5.56. The van der Waals surface area contributed by atoms with Crippen LogP contribution in [-0.2, 0) is 0 Å². The van der Waals surface area contributed by atoms with Crippen molar-refractivity contribution < 1.29 is 0 Å². The van der Waals surface area contributed by atoms with Crippen LogP contribution in [-0.4, -0.2) is 0 Å². The van der Waals surface area contributed by atoms with E-state index in [1.54, 1.807) is 18.2 Å². The largest absolute Gasteiger partial charge is 0.0843 e. The van der Waals surface area contributed by atoms with Crippen molar-refractivity contribution >= 4 is 45.8 Å². The number of hydrogen-bond acceptors (Lipinski definition) is 0. The van der Waals surface area contributed by atoms with Crippen LogP contribution < -0.4 is 0 Å². The smallest absolute Gasteiger partial charge is 0.0420 e. The van der Waals surface area contributed by atoms with E-state index in [0.717, 1.165) is 0 Å². The minimum absolute atomic E-state index is 0.678. The van der Waals surface area contributed by atoms with Gasteiger partial charge in [-0.2, -0.15) is 0 Å². The van der Waals surface area contributed by atoms with Gasteiger partial charge < -0.3 is 0 Å². The van der Waals surface area contributed by atoms with Crippen LogP contribution >= 0.6 is 45.8 Å². The number of halogens is 3. The highest BCUT2D eigenvalue weighted by atomic mass is 127. The molecular formula is C12H9Cl2I. The lowest BCUT2D eigenvalue weighted by atomic mass is 10.4. The lowest BCUT2D eigenvalue weighted by Crippen LogP contribution is -1.61. The Morgan fingerprint density at radius 2 is 1.27 bits per heavy atom. The zero-order valence-corrected chi connectivity index (χ0v) is 11.5. The van der Waals surface area contributed by atoms with Crippen LogP contribution in [0.4, 0.5) is 0 Å². The number of hydrogen-bond donors (Lipinski definition) is 0. The molecule has 0 heterocycles. The van der Waals surface area contributed by atoms with Gasteiger partial charge in [0, 0.05) is 13.6 Å². The monoisotopic (exact) mass is 350 g/mol. The lowest BCUT2D eigenvalue weighted by molar-refractivity contribution is 1.65. The molecule has 0 aliphatic carbocycles. The average Bonchev–Trinajstić information content (AvgIpc) is 2.19. The molecule has 0 fully saturated rings. The molecule has 0 saturated heterocycles. The second kappa shape index (κ2) is 7.09. The Labute approximate surface area is 113 Å². The number of rotatable bonds is 0. The lowest BCUT2D eigenvalue weighted by Gasteiger charge is -1.86. The van der Waals surface area contributed by atoms with Gasteiger partial charge in [0.25, 0.3) is 0 Å². The van der Waals surface area contributed by atoms with Gasteiger partial charge in [-0.05, 0) is 52.9 Å². The average molecular weight is 351 g/mol. The van der Waals surface area contributed by atoms with Crippen LogP contribution in [0.2, 0.25) is 10.0 Å². The second-order valence-corrected chi connectivity index (χ2v) is 4.85. The molecule has 2 rings (SSSR count). The highest BCUT2D eigenvalue weighted by Gasteiger charge is 1.85. The molecule has 0 unspecified atom stereocenters. The van der Waals surface area contributed by atoms with Gasteiger partial charge in [0.2, 0.25) is 0 Å². The fraction of sp³-hybridized carbons (Fsp3) is 0. The fourth-order valence-corrected chi connectivity index (χ4v) is 1.73. The summed E-state index contributed by atoms with van der Waals surface area (Å²) >= 11 is 13.4. The molecule has 2 aromatic carbocycles. The molecule has 3 heteroatoms. The molecule has 0 atom stereocenters. The predicted molar refractivity (Wildman–Crippen MR) is 75.6 cm³/mol. The highest BCUT2D eigenvalue weighted by Crippen LogP contribution is 2.13. The Kier molecular flexibility index (Phi) is 6.06. The Balaban J connectivity index is 0.000000151. The summed E-state index contributed by atoms with van der Waals surface area (Å²) in [6.07, 6.45) is 0. The van der Waals surface area contributed by atoms with Crippen molar-refractivity contribution in [2.45, 2.75) is 0 Å². The summed E-state index contributed by atoms with van der Waals surface area (Å²) in [6.45, 7) is 0. The normalized spacial score (nSPS) is 9.00. The molecule has 0 nitrogen and oxygen atoms in total. The summed E-state index contributed by atoms with van der Waals surface area (Å²) in [5, 5.41) is 1.36. The molecule has 0 radical (unpaired) electrons. The molecule has 78 valence electrons. The predicted octanol–water partition coefficient (Wildman–Crippen LogP) is 5.28. The van der Waals surface area contributed by atoms with Gasteiger partial charge in [0.15, 0.2) is 0 Å². The SMILES string of the molecule is Clc1cccc(Cl)c1.Ic1ccccc1. The standard InChI is InChI=1S/C6H4Cl2.C6H5I/c7-5-2-1-3-6(8)4-5;7-6-4-2-1-3-5-6/h1-4H;1-5H. The minimum Gasteiger partial charge on any atom is -0.0843 e. The Morgan fingerprint density at radius 1 is 0.733 bits per heavy atom. The van der Waals surface area contributed by atoms with E-state index < -0.39 is 0 Å². The quantitative estimate of drug-likeness (QED) is 0.567. The first-order valence-electron chi connectivity index (χ1n) is 4.30. The van der Waals surface area contributed by atoms with Gasteiger partial charge >= 0.3 is 0 Å². The maximum absolute atomic E-state index is 5.56. The van der Waals surface area contributed by atoms with E-state index in [-0.39, 0.29) is 0 Å². The summed E-state index contributed by atoms with van der Waals surface area (Å²) < 4.78 is 1.29. The Morgan fingerprint density at radius 3 is 1.53 bits per heavy atom. The van der Waals surface area contributed by atoms with E-state index >= 15 is 0 Å². The van der Waals surface area contributed by atoms with Crippen LogP contribution in [0.3, 0.4) is 0 Å². The van der Waals surface area contributed by atoms with Crippen LogP contribution in [0.1, 0.15) is 0 Å². The number of benzene rings is 2. The van der Waals surface area contributed by atoms with Crippen molar-refractivity contribution in [1.29, 1.82) is 0 Å². The molecule has 0 bridgehead atoms. The van der Waals surface area contributed by atoms with Crippen molar-refractivity contribution in [2.75, 3.05) is 0 Å². The molecule has 0 aromatic heterocycles. The molecule has 15 heavy (non-hydrogen) atoms. The van der Waals surface area contributed by atoms with Crippen molar-refractivity contribution in [3.05, 3.63) is 68.2 Å². The van der Waals surface area contributed by atoms with Gasteiger partial charge in [0.1, 0.15) is 0 Å². The topological polar surface area (TPSA) is 0 Å². The Hall–Kier alpha value is -0.250. The van der Waals surface area contributed by atoms with Crippen LogP contribution in [0, 0.1) is 3.57 Å². The molecule has 2 aromatic rings. The van der Waals surface area contributed by atoms with Gasteiger partial charge in [-0.3, -0.25) is 0 Å². The van der Waals surface area contributed by atoms with E-state index in [9.17, 15) is 0 Å². The molecule has 0 aliphatic rings. The first-order chi connectivity index (χ1) is 7.18. The Bertz CT molecular complexity index is 384. The van der Waals surface area contributed by atoms with Crippen molar-refractivity contribution in [1.82, 2.24) is 0 Å². The van der Waals surface area contributed by atoms with E-state index in [4.69, 9.17) is 23.2 Å². The third kappa shape index (κ3) is 6.03. The van der Waals surface area contributed by atoms with E-state index in [1.807, 2.05) is 24.3 Å². The van der Waals surface area contributed by atoms with Gasteiger partial charge in [0.05, 0.1) is 0 Å². The third-order valence-corrected chi connectivity index (χ3v) is 2.71. The van der Waals surface area contributed by atoms with E-state index in [2.05, 4.69) is 34.7 Å². The van der Waals surface area contributed by atoms with Crippen LogP contribution in [0.15, 0.2) is 54.6 Å². The van der Waals surface area contributed by atoms with E-state index in [0.29, 0.717) is 10.0 Å². The van der Waals surface area contributed by atoms with Crippen molar-refractivity contribution in [2.24, 2.45) is 0 Å². The minimum atomic E-state index is 0.678. The van der Waals surface area contributed by atoms with Crippen molar-refractivity contribution in [3.8, 4) is 0 Å². The van der Waals surface area contributed by atoms with Gasteiger partial charge in [-0.1, -0.05) is 47.5 Å². The molecule has 0 amide bonds. The van der Waals surface area contributed by atoms with Crippen molar-refractivity contribution in [3.63, 3.8) is 0 Å². The summed E-state index contributed by atoms with van der Waals surface area (Å²) in [7, 11) is 0. The summed E-state index contributed by atoms with van der Waals surface area (Å²) in [5.41, 5.74) is 0. The highest BCUT2D eigenvalue weighted by molar-refractivity contribution is 14.1. The molecule has 0 spiro atoms. The van der Waals surface area contributed by atoms with E-state index in [1.165, 1.54) is 3.57 Å². The summed E-state index contributed by atoms with van der Waals surface area (Å²) in [5.74, 6) is 0. The first-order valence-corrected chi connectivity index (χ1v) is 6.13. The van der Waals surface area contributed by atoms with Crippen LogP contribution in [0.25, 0.3) is 0 Å². The second-order valence-electron chi connectivity index (χ2n) is 2.74. The van der Waals surface area contributed by atoms with Crippen LogP contribution in [0.5, 0.6) is 0 Å².